The summed E-state index contributed by atoms with van der Waals surface area (Å²) >= 11 is 0. The van der Waals surface area contributed by atoms with Crippen LogP contribution in [-0.4, -0.2) is 19.4 Å². The molecule has 0 saturated heterocycles. The summed E-state index contributed by atoms with van der Waals surface area (Å²) < 4.78 is 23.4. The minimum absolute atomic E-state index is 0.0811. The Kier molecular flexibility index (Phi) is 6.39. The monoisotopic (exact) mass is 206 g/mol. The molecule has 0 aromatic heterocycles. The first-order valence-corrected chi connectivity index (χ1v) is 7.01. The molecule has 2 nitrogen and oxygen atoms in total. The van der Waals surface area contributed by atoms with Crippen molar-refractivity contribution in [2.24, 2.45) is 0 Å². The highest BCUT2D eigenvalue weighted by molar-refractivity contribution is 7.92. The lowest BCUT2D eigenvalue weighted by Crippen LogP contribution is -2.23. The fraction of sp³-hybridized carbons (Fsp3) is 1.00. The van der Waals surface area contributed by atoms with Gasteiger partial charge in [-0.25, -0.2) is 8.42 Å². The Morgan fingerprint density at radius 3 is 1.69 bits per heavy atom. The minimum Gasteiger partial charge on any atom is -0.229 e. The molecule has 0 atom stereocenters. The van der Waals surface area contributed by atoms with Gasteiger partial charge in [0.2, 0.25) is 0 Å². The maximum Gasteiger partial charge on any atom is 0.153 e. The van der Waals surface area contributed by atoms with Gasteiger partial charge in [0.1, 0.15) is 0 Å². The average molecular weight is 206 g/mol. The predicted octanol–water partition coefficient (Wildman–Crippen LogP) is 2.78. The zero-order valence-corrected chi connectivity index (χ0v) is 9.86. The second kappa shape index (κ2) is 6.41. The number of hydrogen-bond acceptors (Lipinski definition) is 2. The van der Waals surface area contributed by atoms with Crippen LogP contribution >= 0.6 is 0 Å². The summed E-state index contributed by atoms with van der Waals surface area (Å²) in [6.07, 6.45) is 4.33. The maximum absolute atomic E-state index is 11.7. The minimum atomic E-state index is -2.80. The SMILES string of the molecule is CCCC(CCC)S(=O)(=O)CCC. The van der Waals surface area contributed by atoms with E-state index in [0.29, 0.717) is 5.75 Å². The summed E-state index contributed by atoms with van der Waals surface area (Å²) in [5.41, 5.74) is 0. The Morgan fingerprint density at radius 1 is 0.923 bits per heavy atom. The third-order valence-corrected chi connectivity index (χ3v) is 4.68. The first-order valence-electron chi connectivity index (χ1n) is 5.30. The summed E-state index contributed by atoms with van der Waals surface area (Å²) in [7, 11) is -2.80. The van der Waals surface area contributed by atoms with E-state index in [0.717, 1.165) is 32.1 Å². The van der Waals surface area contributed by atoms with E-state index >= 15 is 0 Å². The second-order valence-electron chi connectivity index (χ2n) is 3.57. The van der Waals surface area contributed by atoms with E-state index < -0.39 is 9.84 Å². The van der Waals surface area contributed by atoms with Crippen LogP contribution in [0.15, 0.2) is 0 Å². The molecule has 0 aliphatic carbocycles. The molecular weight excluding hydrogens is 184 g/mol. The lowest BCUT2D eigenvalue weighted by atomic mass is 10.2. The van der Waals surface area contributed by atoms with Crippen LogP contribution in [0.3, 0.4) is 0 Å². The summed E-state index contributed by atoms with van der Waals surface area (Å²) in [4.78, 5) is 0. The van der Waals surface area contributed by atoms with Gasteiger partial charge in [0.25, 0.3) is 0 Å². The number of rotatable bonds is 7. The molecule has 0 bridgehead atoms. The Bertz CT molecular complexity index is 201. The van der Waals surface area contributed by atoms with Crippen molar-refractivity contribution >= 4 is 9.84 Å². The van der Waals surface area contributed by atoms with Crippen molar-refractivity contribution in [1.82, 2.24) is 0 Å². The molecule has 0 rings (SSSR count). The topological polar surface area (TPSA) is 34.1 Å². The van der Waals surface area contributed by atoms with Gasteiger partial charge in [-0.1, -0.05) is 33.6 Å². The quantitative estimate of drug-likeness (QED) is 0.642. The molecule has 0 heterocycles. The van der Waals surface area contributed by atoms with E-state index in [-0.39, 0.29) is 5.25 Å². The van der Waals surface area contributed by atoms with Gasteiger partial charge < -0.3 is 0 Å². The molecule has 0 saturated carbocycles. The predicted molar refractivity (Wildman–Crippen MR) is 57.7 cm³/mol. The molecule has 0 unspecified atom stereocenters. The number of sulfone groups is 1. The first-order chi connectivity index (χ1) is 6.08. The van der Waals surface area contributed by atoms with Crippen LogP contribution in [0.2, 0.25) is 0 Å². The van der Waals surface area contributed by atoms with Crippen LogP contribution in [0.25, 0.3) is 0 Å². The average Bonchev–Trinajstić information content (AvgIpc) is 2.04. The van der Waals surface area contributed by atoms with Gasteiger partial charge in [0.15, 0.2) is 9.84 Å². The highest BCUT2D eigenvalue weighted by Crippen LogP contribution is 2.16. The van der Waals surface area contributed by atoms with E-state index in [1.807, 2.05) is 20.8 Å². The molecular formula is C10H22O2S. The van der Waals surface area contributed by atoms with Gasteiger partial charge in [0.05, 0.1) is 11.0 Å². The Hall–Kier alpha value is -0.0500. The lowest BCUT2D eigenvalue weighted by Gasteiger charge is -2.15. The maximum atomic E-state index is 11.7. The van der Waals surface area contributed by atoms with Gasteiger partial charge in [-0.2, -0.15) is 0 Å². The fourth-order valence-corrected chi connectivity index (χ4v) is 3.69. The van der Waals surface area contributed by atoms with Crippen LogP contribution in [0.5, 0.6) is 0 Å². The first kappa shape index (κ1) is 12.9. The molecule has 0 spiro atoms. The van der Waals surface area contributed by atoms with Crippen LogP contribution < -0.4 is 0 Å². The molecule has 0 aliphatic rings. The van der Waals surface area contributed by atoms with Crippen LogP contribution in [-0.2, 0) is 9.84 Å². The van der Waals surface area contributed by atoms with Crippen molar-refractivity contribution in [1.29, 1.82) is 0 Å². The van der Waals surface area contributed by atoms with Crippen LogP contribution in [0.1, 0.15) is 52.9 Å². The smallest absolute Gasteiger partial charge is 0.153 e. The normalized spacial score (nSPS) is 12.3. The van der Waals surface area contributed by atoms with Crippen LogP contribution in [0, 0.1) is 0 Å². The Labute approximate surface area is 82.6 Å². The van der Waals surface area contributed by atoms with Crippen LogP contribution in [0.4, 0.5) is 0 Å². The fourth-order valence-electron chi connectivity index (χ4n) is 1.60. The lowest BCUT2D eigenvalue weighted by molar-refractivity contribution is 0.553. The van der Waals surface area contributed by atoms with Gasteiger partial charge >= 0.3 is 0 Å². The molecule has 0 fully saturated rings. The van der Waals surface area contributed by atoms with Gasteiger partial charge in [-0.3, -0.25) is 0 Å². The van der Waals surface area contributed by atoms with E-state index in [9.17, 15) is 8.42 Å². The molecule has 0 radical (unpaired) electrons. The zero-order valence-electron chi connectivity index (χ0n) is 9.04. The van der Waals surface area contributed by atoms with E-state index in [4.69, 9.17) is 0 Å². The molecule has 0 aliphatic heterocycles. The van der Waals surface area contributed by atoms with Crippen molar-refractivity contribution in [3.05, 3.63) is 0 Å². The molecule has 0 aromatic carbocycles. The zero-order chi connectivity index (χ0) is 10.3. The Balaban J connectivity index is 4.33. The van der Waals surface area contributed by atoms with Crippen molar-refractivity contribution in [2.45, 2.75) is 58.1 Å². The van der Waals surface area contributed by atoms with Crippen molar-refractivity contribution in [2.75, 3.05) is 5.75 Å². The molecule has 0 amide bonds. The van der Waals surface area contributed by atoms with E-state index in [2.05, 4.69) is 0 Å². The largest absolute Gasteiger partial charge is 0.229 e. The molecule has 0 N–H and O–H groups in total. The molecule has 13 heavy (non-hydrogen) atoms. The number of hydrogen-bond donors (Lipinski definition) is 0. The highest BCUT2D eigenvalue weighted by atomic mass is 32.2. The third-order valence-electron chi connectivity index (χ3n) is 2.22. The second-order valence-corrected chi connectivity index (χ2v) is 5.97. The van der Waals surface area contributed by atoms with Crippen molar-refractivity contribution in [3.8, 4) is 0 Å². The van der Waals surface area contributed by atoms with E-state index in [1.165, 1.54) is 0 Å². The van der Waals surface area contributed by atoms with Crippen molar-refractivity contribution in [3.63, 3.8) is 0 Å². The summed E-state index contributed by atoms with van der Waals surface area (Å²) in [5, 5.41) is -0.0811. The molecule has 0 aromatic rings. The Morgan fingerprint density at radius 2 is 1.38 bits per heavy atom. The molecule has 3 heteroatoms. The van der Waals surface area contributed by atoms with Crippen molar-refractivity contribution < 1.29 is 8.42 Å². The van der Waals surface area contributed by atoms with Gasteiger partial charge in [0, 0.05) is 0 Å². The van der Waals surface area contributed by atoms with Gasteiger partial charge in [-0.05, 0) is 19.3 Å². The summed E-state index contributed by atoms with van der Waals surface area (Å²) in [6.45, 7) is 6.01. The molecule has 80 valence electrons. The van der Waals surface area contributed by atoms with E-state index in [1.54, 1.807) is 0 Å². The third kappa shape index (κ3) is 4.65. The standard InChI is InChI=1S/C10H22O2S/c1-4-7-10(8-5-2)13(11,12)9-6-3/h10H,4-9H2,1-3H3. The summed E-state index contributed by atoms with van der Waals surface area (Å²) in [5.74, 6) is 0.359. The highest BCUT2D eigenvalue weighted by Gasteiger charge is 2.22. The van der Waals surface area contributed by atoms with Gasteiger partial charge in [-0.15, -0.1) is 0 Å². The summed E-state index contributed by atoms with van der Waals surface area (Å²) in [6, 6.07) is 0.